The van der Waals surface area contributed by atoms with E-state index in [1.165, 1.54) is 0 Å². The molecule has 2 N–H and O–H groups in total. The first-order valence-electron chi connectivity index (χ1n) is 5.58. The van der Waals surface area contributed by atoms with Crippen LogP contribution < -0.4 is 15.4 Å². The topological polar surface area (TPSA) is 50.4 Å². The zero-order valence-electron chi connectivity index (χ0n) is 9.63. The van der Waals surface area contributed by atoms with Gasteiger partial charge in [0.25, 0.3) is 0 Å². The van der Waals surface area contributed by atoms with Crippen LogP contribution in [0.5, 0.6) is 5.75 Å². The molecule has 0 bridgehead atoms. The fourth-order valence-electron chi connectivity index (χ4n) is 1.89. The number of carbonyl (C=O) groups is 1. The summed E-state index contributed by atoms with van der Waals surface area (Å²) < 4.78 is 6.03. The molecule has 1 fully saturated rings. The van der Waals surface area contributed by atoms with Crippen molar-refractivity contribution in [3.8, 4) is 5.75 Å². The number of nitrogens with one attached hydrogen (secondary N) is 2. The molecule has 0 spiro atoms. The van der Waals surface area contributed by atoms with Gasteiger partial charge in [0.2, 0.25) is 5.91 Å². The van der Waals surface area contributed by atoms with E-state index in [-0.39, 0.29) is 11.9 Å². The second kappa shape index (κ2) is 5.51. The third-order valence-corrected chi connectivity index (χ3v) is 3.21. The van der Waals surface area contributed by atoms with Gasteiger partial charge in [-0.2, -0.15) is 0 Å². The highest BCUT2D eigenvalue weighted by molar-refractivity contribution is 9.10. The normalized spacial score (nSPS) is 19.1. The van der Waals surface area contributed by atoms with E-state index in [1.54, 1.807) is 13.2 Å². The van der Waals surface area contributed by atoms with E-state index in [4.69, 9.17) is 4.74 Å². The highest BCUT2D eigenvalue weighted by atomic mass is 79.9. The van der Waals surface area contributed by atoms with Crippen LogP contribution in [0, 0.1) is 0 Å². The monoisotopic (exact) mass is 298 g/mol. The largest absolute Gasteiger partial charge is 0.497 e. The van der Waals surface area contributed by atoms with Gasteiger partial charge < -0.3 is 15.4 Å². The summed E-state index contributed by atoms with van der Waals surface area (Å²) in [7, 11) is 1.60. The van der Waals surface area contributed by atoms with Gasteiger partial charge in [-0.25, -0.2) is 0 Å². The third kappa shape index (κ3) is 3.20. The number of anilines is 1. The Morgan fingerprint density at radius 2 is 2.35 bits per heavy atom. The highest BCUT2D eigenvalue weighted by Crippen LogP contribution is 2.24. The highest BCUT2D eigenvalue weighted by Gasteiger charge is 2.21. The molecule has 17 heavy (non-hydrogen) atoms. The molecule has 0 unspecified atom stereocenters. The fourth-order valence-corrected chi connectivity index (χ4v) is 2.36. The van der Waals surface area contributed by atoms with Crippen molar-refractivity contribution in [3.05, 3.63) is 22.7 Å². The minimum absolute atomic E-state index is 0.0163. The van der Waals surface area contributed by atoms with Crippen LogP contribution in [0.4, 0.5) is 5.69 Å². The molecule has 0 saturated carbocycles. The molecule has 5 heteroatoms. The van der Waals surface area contributed by atoms with Gasteiger partial charge in [0.15, 0.2) is 0 Å². The smallest absolute Gasteiger partial charge is 0.241 e. The first-order chi connectivity index (χ1) is 8.19. The van der Waals surface area contributed by atoms with Gasteiger partial charge in [0.05, 0.1) is 13.2 Å². The summed E-state index contributed by atoms with van der Waals surface area (Å²) in [5.74, 6) is 0.733. The van der Waals surface area contributed by atoms with Gasteiger partial charge in [-0.3, -0.25) is 4.79 Å². The lowest BCUT2D eigenvalue weighted by molar-refractivity contribution is -0.117. The minimum atomic E-state index is -0.0695. The maximum Gasteiger partial charge on any atom is 0.241 e. The Kier molecular flexibility index (Phi) is 4.02. The first-order valence-corrected chi connectivity index (χ1v) is 6.37. The number of benzene rings is 1. The molecule has 1 amide bonds. The number of methoxy groups -OCH3 is 1. The van der Waals surface area contributed by atoms with Crippen LogP contribution in [0.2, 0.25) is 0 Å². The number of amides is 1. The van der Waals surface area contributed by atoms with Crippen molar-refractivity contribution in [2.75, 3.05) is 19.0 Å². The summed E-state index contributed by atoms with van der Waals surface area (Å²) in [5.41, 5.74) is 0.745. The van der Waals surface area contributed by atoms with Crippen molar-refractivity contribution in [3.63, 3.8) is 0 Å². The van der Waals surface area contributed by atoms with Crippen LogP contribution in [0.1, 0.15) is 12.8 Å². The lowest BCUT2D eigenvalue weighted by Crippen LogP contribution is -2.35. The molecule has 1 aromatic rings. The van der Waals surface area contributed by atoms with E-state index >= 15 is 0 Å². The number of hydrogen-bond donors (Lipinski definition) is 2. The molecule has 1 saturated heterocycles. The van der Waals surface area contributed by atoms with Crippen molar-refractivity contribution in [2.45, 2.75) is 18.9 Å². The van der Waals surface area contributed by atoms with Crippen molar-refractivity contribution in [2.24, 2.45) is 0 Å². The van der Waals surface area contributed by atoms with E-state index in [1.807, 2.05) is 12.1 Å². The van der Waals surface area contributed by atoms with E-state index in [9.17, 15) is 4.79 Å². The Balaban J connectivity index is 2.06. The van der Waals surface area contributed by atoms with Crippen LogP contribution in [-0.4, -0.2) is 25.6 Å². The summed E-state index contributed by atoms with van der Waals surface area (Å²) in [6, 6.07) is 5.44. The van der Waals surface area contributed by atoms with Crippen LogP contribution in [0.3, 0.4) is 0 Å². The molecular weight excluding hydrogens is 284 g/mol. The number of halogens is 1. The summed E-state index contributed by atoms with van der Waals surface area (Å²) >= 11 is 3.38. The molecule has 1 atom stereocenters. The summed E-state index contributed by atoms with van der Waals surface area (Å²) in [4.78, 5) is 11.9. The average molecular weight is 299 g/mol. The molecule has 92 valence electrons. The zero-order valence-corrected chi connectivity index (χ0v) is 11.2. The molecule has 2 rings (SSSR count). The summed E-state index contributed by atoms with van der Waals surface area (Å²) in [6.07, 6.45) is 1.96. The van der Waals surface area contributed by atoms with Crippen molar-refractivity contribution in [1.82, 2.24) is 5.32 Å². The molecule has 0 aliphatic carbocycles. The van der Waals surface area contributed by atoms with Gasteiger partial charge in [0.1, 0.15) is 5.75 Å². The maximum absolute atomic E-state index is 11.9. The Morgan fingerprint density at radius 3 is 3.00 bits per heavy atom. The van der Waals surface area contributed by atoms with Gasteiger partial charge in [-0.15, -0.1) is 0 Å². The SMILES string of the molecule is COc1cc(Br)cc(NC(=O)[C@H]2CCCN2)c1. The van der Waals surface area contributed by atoms with Crippen molar-refractivity contribution < 1.29 is 9.53 Å². The second-order valence-corrected chi connectivity index (χ2v) is 4.93. The number of hydrogen-bond acceptors (Lipinski definition) is 3. The zero-order chi connectivity index (χ0) is 12.3. The molecule has 4 nitrogen and oxygen atoms in total. The van der Waals surface area contributed by atoms with Gasteiger partial charge >= 0.3 is 0 Å². The van der Waals surface area contributed by atoms with Gasteiger partial charge in [-0.05, 0) is 31.5 Å². The molecule has 0 radical (unpaired) electrons. The van der Waals surface area contributed by atoms with E-state index in [2.05, 4.69) is 26.6 Å². The lowest BCUT2D eigenvalue weighted by atomic mass is 10.2. The van der Waals surface area contributed by atoms with E-state index < -0.39 is 0 Å². The second-order valence-electron chi connectivity index (χ2n) is 4.02. The molecule has 0 aromatic heterocycles. The van der Waals surface area contributed by atoms with Crippen molar-refractivity contribution in [1.29, 1.82) is 0 Å². The van der Waals surface area contributed by atoms with Crippen LogP contribution in [-0.2, 0) is 4.79 Å². The van der Waals surface area contributed by atoms with Crippen LogP contribution >= 0.6 is 15.9 Å². The Hall–Kier alpha value is -1.07. The first kappa shape index (κ1) is 12.4. The molecule has 1 heterocycles. The van der Waals surface area contributed by atoms with Crippen LogP contribution in [0.25, 0.3) is 0 Å². The van der Waals surface area contributed by atoms with E-state index in [0.717, 1.165) is 29.5 Å². The van der Waals surface area contributed by atoms with Gasteiger partial charge in [-0.1, -0.05) is 15.9 Å². The number of ether oxygens (including phenoxy) is 1. The third-order valence-electron chi connectivity index (χ3n) is 2.75. The maximum atomic E-state index is 11.9. The molecule has 1 aromatic carbocycles. The standard InChI is InChI=1S/C12H15BrN2O2/c1-17-10-6-8(13)5-9(7-10)15-12(16)11-3-2-4-14-11/h5-7,11,14H,2-4H2,1H3,(H,15,16)/t11-/m1/s1. The predicted octanol–water partition coefficient (Wildman–Crippen LogP) is 2.15. The number of rotatable bonds is 3. The Labute approximate surface area is 109 Å². The molecule has 1 aliphatic rings. The lowest BCUT2D eigenvalue weighted by Gasteiger charge is -2.12. The number of carbonyl (C=O) groups excluding carboxylic acids is 1. The summed E-state index contributed by atoms with van der Waals surface area (Å²) in [5, 5.41) is 6.05. The predicted molar refractivity (Wildman–Crippen MR) is 70.3 cm³/mol. The van der Waals surface area contributed by atoms with Crippen LogP contribution in [0.15, 0.2) is 22.7 Å². The van der Waals surface area contributed by atoms with Crippen molar-refractivity contribution >= 4 is 27.5 Å². The Bertz CT molecular complexity index is 417. The average Bonchev–Trinajstić information content (AvgIpc) is 2.81. The fraction of sp³-hybridized carbons (Fsp3) is 0.417. The summed E-state index contributed by atoms with van der Waals surface area (Å²) in [6.45, 7) is 0.917. The Morgan fingerprint density at radius 1 is 1.53 bits per heavy atom. The minimum Gasteiger partial charge on any atom is -0.497 e. The quantitative estimate of drug-likeness (QED) is 0.899. The molecule has 1 aliphatic heterocycles. The molecular formula is C12H15BrN2O2. The van der Waals surface area contributed by atoms with Gasteiger partial charge in [0, 0.05) is 16.2 Å². The van der Waals surface area contributed by atoms with E-state index in [0.29, 0.717) is 5.75 Å².